The molecule has 0 amide bonds. The molecule has 2 heteroatoms. The van der Waals surface area contributed by atoms with Crippen LogP contribution in [0.3, 0.4) is 0 Å². The molecule has 0 aromatic carbocycles. The molecule has 0 spiro atoms. The number of rotatable bonds is 8. The number of ketones is 1. The van der Waals surface area contributed by atoms with Gasteiger partial charge in [0.2, 0.25) is 0 Å². The van der Waals surface area contributed by atoms with E-state index in [4.69, 9.17) is 0 Å². The van der Waals surface area contributed by atoms with Crippen LogP contribution >= 0.6 is 0 Å². The summed E-state index contributed by atoms with van der Waals surface area (Å²) < 4.78 is 0. The standard InChI is InChI=1S/C12H24O2/c1-4-6-11(13)9-8-10(3)12(14)7-5-2/h10-11,13H,4-9H2,1-3H3. The highest BCUT2D eigenvalue weighted by atomic mass is 16.3. The third-order valence-electron chi connectivity index (χ3n) is 2.60. The molecule has 0 heterocycles. The minimum atomic E-state index is -0.211. The van der Waals surface area contributed by atoms with Gasteiger partial charge in [-0.25, -0.2) is 0 Å². The van der Waals surface area contributed by atoms with E-state index in [0.717, 1.165) is 32.1 Å². The molecule has 0 saturated carbocycles. The molecule has 1 N–H and O–H groups in total. The van der Waals surface area contributed by atoms with Crippen molar-refractivity contribution in [1.82, 2.24) is 0 Å². The van der Waals surface area contributed by atoms with Crippen LogP contribution in [-0.4, -0.2) is 17.0 Å². The summed E-state index contributed by atoms with van der Waals surface area (Å²) in [6.45, 7) is 6.06. The van der Waals surface area contributed by atoms with Crippen LogP contribution in [-0.2, 0) is 4.79 Å². The number of carbonyl (C=O) groups is 1. The van der Waals surface area contributed by atoms with Crippen molar-refractivity contribution in [3.05, 3.63) is 0 Å². The predicted molar refractivity (Wildman–Crippen MR) is 59.2 cm³/mol. The lowest BCUT2D eigenvalue weighted by atomic mass is 9.95. The van der Waals surface area contributed by atoms with Crippen molar-refractivity contribution in [2.45, 2.75) is 65.4 Å². The second kappa shape index (κ2) is 7.98. The van der Waals surface area contributed by atoms with Crippen molar-refractivity contribution in [3.63, 3.8) is 0 Å². The molecule has 0 aromatic heterocycles. The molecule has 2 unspecified atom stereocenters. The van der Waals surface area contributed by atoms with E-state index >= 15 is 0 Å². The maximum atomic E-state index is 11.4. The first-order chi connectivity index (χ1) is 6.61. The quantitative estimate of drug-likeness (QED) is 0.654. The summed E-state index contributed by atoms with van der Waals surface area (Å²) in [4.78, 5) is 11.4. The molecular formula is C12H24O2. The molecule has 84 valence electrons. The lowest BCUT2D eigenvalue weighted by Crippen LogP contribution is -2.14. The number of hydrogen-bond acceptors (Lipinski definition) is 2. The van der Waals surface area contributed by atoms with E-state index in [0.29, 0.717) is 12.2 Å². The molecule has 0 radical (unpaired) electrons. The second-order valence-electron chi connectivity index (χ2n) is 4.14. The zero-order chi connectivity index (χ0) is 11.0. The predicted octanol–water partition coefficient (Wildman–Crippen LogP) is 2.93. The Morgan fingerprint density at radius 2 is 1.79 bits per heavy atom. The Balaban J connectivity index is 3.61. The highest BCUT2D eigenvalue weighted by Gasteiger charge is 2.13. The monoisotopic (exact) mass is 200 g/mol. The summed E-state index contributed by atoms with van der Waals surface area (Å²) in [7, 11) is 0. The van der Waals surface area contributed by atoms with Crippen LogP contribution in [0.25, 0.3) is 0 Å². The van der Waals surface area contributed by atoms with E-state index in [2.05, 4.69) is 6.92 Å². The van der Waals surface area contributed by atoms with E-state index in [1.165, 1.54) is 0 Å². The topological polar surface area (TPSA) is 37.3 Å². The molecule has 0 rings (SSSR count). The van der Waals surface area contributed by atoms with Gasteiger partial charge in [0.25, 0.3) is 0 Å². The van der Waals surface area contributed by atoms with Crippen LogP contribution in [0.15, 0.2) is 0 Å². The van der Waals surface area contributed by atoms with Crippen LogP contribution < -0.4 is 0 Å². The molecule has 0 aliphatic carbocycles. The van der Waals surface area contributed by atoms with Crippen molar-refractivity contribution in [2.75, 3.05) is 0 Å². The minimum absolute atomic E-state index is 0.126. The number of aliphatic hydroxyl groups is 1. The van der Waals surface area contributed by atoms with E-state index in [-0.39, 0.29) is 12.0 Å². The summed E-state index contributed by atoms with van der Waals surface area (Å²) >= 11 is 0. The highest BCUT2D eigenvalue weighted by molar-refractivity contribution is 5.80. The summed E-state index contributed by atoms with van der Waals surface area (Å²) in [5.41, 5.74) is 0. The fourth-order valence-electron chi connectivity index (χ4n) is 1.57. The van der Waals surface area contributed by atoms with Gasteiger partial charge in [0.15, 0.2) is 0 Å². The van der Waals surface area contributed by atoms with Crippen molar-refractivity contribution >= 4 is 5.78 Å². The van der Waals surface area contributed by atoms with E-state index < -0.39 is 0 Å². The number of hydrogen-bond donors (Lipinski definition) is 1. The van der Waals surface area contributed by atoms with Crippen LogP contribution in [0.5, 0.6) is 0 Å². The lowest BCUT2D eigenvalue weighted by molar-refractivity contribution is -0.122. The number of carbonyl (C=O) groups excluding carboxylic acids is 1. The van der Waals surface area contributed by atoms with E-state index in [1.807, 2.05) is 13.8 Å². The molecule has 0 aliphatic heterocycles. The molecule has 0 aliphatic rings. The van der Waals surface area contributed by atoms with Crippen LogP contribution in [0.4, 0.5) is 0 Å². The van der Waals surface area contributed by atoms with Crippen molar-refractivity contribution in [2.24, 2.45) is 5.92 Å². The number of aliphatic hydroxyl groups excluding tert-OH is 1. The van der Waals surface area contributed by atoms with Gasteiger partial charge in [0.1, 0.15) is 5.78 Å². The molecule has 2 nitrogen and oxygen atoms in total. The van der Waals surface area contributed by atoms with Crippen LogP contribution in [0.2, 0.25) is 0 Å². The maximum Gasteiger partial charge on any atom is 0.135 e. The Hall–Kier alpha value is -0.370. The van der Waals surface area contributed by atoms with Gasteiger partial charge in [-0.15, -0.1) is 0 Å². The second-order valence-corrected chi connectivity index (χ2v) is 4.14. The maximum absolute atomic E-state index is 11.4. The first-order valence-electron chi connectivity index (χ1n) is 5.82. The van der Waals surface area contributed by atoms with E-state index in [1.54, 1.807) is 0 Å². The third kappa shape index (κ3) is 6.14. The van der Waals surface area contributed by atoms with Gasteiger partial charge in [0, 0.05) is 12.3 Å². The van der Waals surface area contributed by atoms with Gasteiger partial charge in [0.05, 0.1) is 6.10 Å². The molecule has 14 heavy (non-hydrogen) atoms. The smallest absolute Gasteiger partial charge is 0.135 e. The normalized spacial score (nSPS) is 15.1. The largest absolute Gasteiger partial charge is 0.393 e. The zero-order valence-electron chi connectivity index (χ0n) is 9.75. The van der Waals surface area contributed by atoms with Crippen molar-refractivity contribution in [1.29, 1.82) is 0 Å². The van der Waals surface area contributed by atoms with Crippen LogP contribution in [0.1, 0.15) is 59.3 Å². The van der Waals surface area contributed by atoms with Gasteiger partial charge in [-0.1, -0.05) is 27.2 Å². The molecule has 0 saturated heterocycles. The molecular weight excluding hydrogens is 176 g/mol. The third-order valence-corrected chi connectivity index (χ3v) is 2.60. The number of Topliss-reactive ketones (excluding diaryl/α,β-unsaturated/α-hetero) is 1. The van der Waals surface area contributed by atoms with E-state index in [9.17, 15) is 9.90 Å². The minimum Gasteiger partial charge on any atom is -0.393 e. The van der Waals surface area contributed by atoms with Gasteiger partial charge in [-0.2, -0.15) is 0 Å². The average Bonchev–Trinajstić information content (AvgIpc) is 2.15. The highest BCUT2D eigenvalue weighted by Crippen LogP contribution is 2.14. The molecule has 0 aromatic rings. The SMILES string of the molecule is CCCC(=O)C(C)CCC(O)CCC. The Morgan fingerprint density at radius 1 is 1.14 bits per heavy atom. The van der Waals surface area contributed by atoms with Gasteiger partial charge >= 0.3 is 0 Å². The van der Waals surface area contributed by atoms with Gasteiger partial charge in [-0.3, -0.25) is 4.79 Å². The van der Waals surface area contributed by atoms with Crippen molar-refractivity contribution < 1.29 is 9.90 Å². The fraction of sp³-hybridized carbons (Fsp3) is 0.917. The van der Waals surface area contributed by atoms with Gasteiger partial charge < -0.3 is 5.11 Å². The molecule has 2 atom stereocenters. The first kappa shape index (κ1) is 13.6. The Kier molecular flexibility index (Phi) is 7.77. The zero-order valence-corrected chi connectivity index (χ0v) is 9.75. The summed E-state index contributed by atoms with van der Waals surface area (Å²) in [5, 5.41) is 9.50. The Morgan fingerprint density at radius 3 is 2.29 bits per heavy atom. The van der Waals surface area contributed by atoms with Crippen LogP contribution in [0, 0.1) is 5.92 Å². The van der Waals surface area contributed by atoms with Gasteiger partial charge in [-0.05, 0) is 25.7 Å². The summed E-state index contributed by atoms with van der Waals surface area (Å²) in [6.07, 6.45) is 4.88. The van der Waals surface area contributed by atoms with Crippen molar-refractivity contribution in [3.8, 4) is 0 Å². The average molecular weight is 200 g/mol. The Labute approximate surface area is 87.7 Å². The molecule has 0 fully saturated rings. The summed E-state index contributed by atoms with van der Waals surface area (Å²) in [5.74, 6) is 0.470. The fourth-order valence-corrected chi connectivity index (χ4v) is 1.57. The first-order valence-corrected chi connectivity index (χ1v) is 5.82. The summed E-state index contributed by atoms with van der Waals surface area (Å²) in [6, 6.07) is 0. The Bertz CT molecular complexity index is 154. The molecule has 0 bridgehead atoms. The lowest BCUT2D eigenvalue weighted by Gasteiger charge is -2.13.